The Hall–Kier alpha value is -3.31. The number of benzene rings is 1. The van der Waals surface area contributed by atoms with Gasteiger partial charge in [-0.2, -0.15) is 0 Å². The maximum absolute atomic E-state index is 12.3. The van der Waals surface area contributed by atoms with E-state index in [-0.39, 0.29) is 17.7 Å². The van der Waals surface area contributed by atoms with Crippen LogP contribution in [0.5, 0.6) is 5.75 Å². The first-order valence-corrected chi connectivity index (χ1v) is 12.5. The number of alkyl halides is 1. The van der Waals surface area contributed by atoms with Crippen LogP contribution in [-0.4, -0.2) is 56.8 Å². The summed E-state index contributed by atoms with van der Waals surface area (Å²) >= 11 is 0. The van der Waals surface area contributed by atoms with Crippen molar-refractivity contribution in [2.45, 2.75) is 65.7 Å². The van der Waals surface area contributed by atoms with Crippen molar-refractivity contribution in [1.29, 1.82) is 0 Å². The number of halogens is 1. The molecule has 0 radical (unpaired) electrons. The van der Waals surface area contributed by atoms with E-state index in [0.29, 0.717) is 31.9 Å². The normalized spacial score (nSPS) is 14.6. The summed E-state index contributed by atoms with van der Waals surface area (Å²) in [6, 6.07) is 7.65. The van der Waals surface area contributed by atoms with Gasteiger partial charge in [-0.05, 0) is 59.2 Å². The fraction of sp³-hybridized carbons (Fsp3) is 0.538. The lowest BCUT2D eigenvalue weighted by molar-refractivity contribution is 0.257. The second-order valence-corrected chi connectivity index (χ2v) is 11.3. The van der Waals surface area contributed by atoms with Gasteiger partial charge < -0.3 is 21.2 Å². The van der Waals surface area contributed by atoms with Crippen molar-refractivity contribution < 1.29 is 9.13 Å². The Bertz CT molecular complexity index is 1050. The average Bonchev–Trinajstić information content (AvgIpc) is 3.46. The molecule has 11 heteroatoms. The van der Waals surface area contributed by atoms with Crippen molar-refractivity contribution in [1.82, 2.24) is 41.2 Å². The molecule has 3 rings (SSSR count). The molecule has 1 aromatic carbocycles. The molecule has 0 unspecified atom stereocenters. The zero-order valence-corrected chi connectivity index (χ0v) is 22.9. The number of ether oxygens (including phenoxy) is 1. The molecule has 0 atom stereocenters. The highest BCUT2D eigenvalue weighted by molar-refractivity contribution is 5.27. The van der Waals surface area contributed by atoms with E-state index >= 15 is 0 Å². The van der Waals surface area contributed by atoms with Crippen molar-refractivity contribution in [2.24, 2.45) is 5.73 Å². The van der Waals surface area contributed by atoms with Crippen LogP contribution in [-0.2, 0) is 18.6 Å². The van der Waals surface area contributed by atoms with Crippen LogP contribution in [0.1, 0.15) is 52.8 Å². The molecule has 2 aromatic rings. The van der Waals surface area contributed by atoms with E-state index in [4.69, 9.17) is 10.5 Å². The molecule has 0 saturated heterocycles. The standard InChI is InChI=1S/C26H42FN9O/c1-25(2,3)29-13-21(28)15-34(17-23-19-36(33-31-23)26(4,5)6)16-22-18-35(32-30-22)14-20-7-9-24(10-8-20)37-12-11-27/h7-10,13,18-19,29-30,32H,11-12,14-17,28H2,1-6H3/b21-13-. The largest absolute Gasteiger partial charge is 0.491 e. The fourth-order valence-corrected chi connectivity index (χ4v) is 3.56. The van der Waals surface area contributed by atoms with Gasteiger partial charge in [0.25, 0.3) is 0 Å². The number of nitrogens with one attached hydrogen (secondary N) is 3. The molecule has 204 valence electrons. The monoisotopic (exact) mass is 515 g/mol. The van der Waals surface area contributed by atoms with Crippen LogP contribution in [0.3, 0.4) is 0 Å². The number of nitrogens with two attached hydrogens (primary N) is 1. The molecular weight excluding hydrogens is 473 g/mol. The van der Waals surface area contributed by atoms with Crippen molar-refractivity contribution >= 4 is 0 Å². The number of aromatic nitrogens is 3. The topological polar surface area (TPSA) is 109 Å². The van der Waals surface area contributed by atoms with Crippen molar-refractivity contribution in [3.63, 3.8) is 0 Å². The third-order valence-corrected chi connectivity index (χ3v) is 5.40. The summed E-state index contributed by atoms with van der Waals surface area (Å²) in [4.78, 5) is 2.22. The Morgan fingerprint density at radius 3 is 2.51 bits per heavy atom. The molecule has 1 aliphatic heterocycles. The van der Waals surface area contributed by atoms with Gasteiger partial charge in [0.1, 0.15) is 19.0 Å². The zero-order valence-electron chi connectivity index (χ0n) is 22.9. The van der Waals surface area contributed by atoms with Crippen molar-refractivity contribution in [2.75, 3.05) is 26.4 Å². The summed E-state index contributed by atoms with van der Waals surface area (Å²) in [6.07, 6.45) is 5.91. The number of hydrogen-bond donors (Lipinski definition) is 4. The smallest absolute Gasteiger partial charge is 0.123 e. The highest BCUT2D eigenvalue weighted by Gasteiger charge is 2.20. The second kappa shape index (κ2) is 12.3. The Morgan fingerprint density at radius 2 is 1.89 bits per heavy atom. The highest BCUT2D eigenvalue weighted by Crippen LogP contribution is 2.16. The highest BCUT2D eigenvalue weighted by atomic mass is 19.1. The molecule has 37 heavy (non-hydrogen) atoms. The minimum absolute atomic E-state index is 0.0671. The van der Waals surface area contributed by atoms with Gasteiger partial charge in [0, 0.05) is 43.3 Å². The van der Waals surface area contributed by atoms with Crippen LogP contribution in [0.25, 0.3) is 0 Å². The van der Waals surface area contributed by atoms with Crippen LogP contribution < -0.4 is 26.7 Å². The minimum Gasteiger partial charge on any atom is -0.491 e. The maximum atomic E-state index is 12.3. The first-order valence-electron chi connectivity index (χ1n) is 12.5. The number of nitrogens with zero attached hydrogens (tertiary/aromatic N) is 5. The van der Waals surface area contributed by atoms with E-state index in [1.165, 1.54) is 0 Å². The van der Waals surface area contributed by atoms with E-state index in [2.05, 4.69) is 73.0 Å². The van der Waals surface area contributed by atoms with E-state index < -0.39 is 6.67 Å². The zero-order chi connectivity index (χ0) is 27.1. The lowest BCUT2D eigenvalue weighted by atomic mass is 10.1. The lowest BCUT2D eigenvalue weighted by Crippen LogP contribution is -2.39. The molecule has 0 amide bonds. The van der Waals surface area contributed by atoms with Gasteiger partial charge in [-0.1, -0.05) is 17.3 Å². The lowest BCUT2D eigenvalue weighted by Gasteiger charge is -2.24. The number of hydrazine groups is 2. The van der Waals surface area contributed by atoms with E-state index in [1.807, 2.05) is 52.6 Å². The first kappa shape index (κ1) is 28.3. The molecule has 1 aliphatic rings. The molecule has 5 N–H and O–H groups in total. The van der Waals surface area contributed by atoms with Gasteiger partial charge >= 0.3 is 0 Å². The van der Waals surface area contributed by atoms with Crippen molar-refractivity contribution in [3.8, 4) is 5.75 Å². The Balaban J connectivity index is 1.66. The van der Waals surface area contributed by atoms with Crippen LogP contribution in [0, 0.1) is 0 Å². The van der Waals surface area contributed by atoms with Gasteiger partial charge in [-0.15, -0.1) is 10.6 Å². The Morgan fingerprint density at radius 1 is 1.16 bits per heavy atom. The molecule has 2 heterocycles. The van der Waals surface area contributed by atoms with Crippen molar-refractivity contribution in [3.05, 3.63) is 65.5 Å². The van der Waals surface area contributed by atoms with Gasteiger partial charge in [0.05, 0.1) is 29.7 Å². The van der Waals surface area contributed by atoms with Gasteiger partial charge in [0.2, 0.25) is 0 Å². The molecule has 0 saturated carbocycles. The molecule has 0 fully saturated rings. The van der Waals surface area contributed by atoms with Gasteiger partial charge in [-0.3, -0.25) is 9.91 Å². The molecular formula is C26H42FN9O. The predicted octanol–water partition coefficient (Wildman–Crippen LogP) is 2.74. The fourth-order valence-electron chi connectivity index (χ4n) is 3.56. The second-order valence-electron chi connectivity index (χ2n) is 11.3. The molecule has 0 spiro atoms. The summed E-state index contributed by atoms with van der Waals surface area (Å²) in [5, 5.41) is 14.0. The van der Waals surface area contributed by atoms with Crippen LogP contribution >= 0.6 is 0 Å². The summed E-state index contributed by atoms with van der Waals surface area (Å²) in [5.74, 6) is 0.663. The third kappa shape index (κ3) is 9.58. The van der Waals surface area contributed by atoms with Crippen LogP contribution in [0.4, 0.5) is 4.39 Å². The Labute approximate surface area is 219 Å². The SMILES string of the molecule is CC(C)(C)N/C=C(\N)CN(CC1=CN(Cc2ccc(OCCF)cc2)NN1)Cc1cn(C(C)(C)C)nn1. The van der Waals surface area contributed by atoms with E-state index in [1.54, 1.807) is 0 Å². The summed E-state index contributed by atoms with van der Waals surface area (Å²) in [6.45, 7) is 14.6. The van der Waals surface area contributed by atoms with Crippen LogP contribution in [0.2, 0.25) is 0 Å². The maximum Gasteiger partial charge on any atom is 0.123 e. The first-order chi connectivity index (χ1) is 17.4. The number of rotatable bonds is 12. The van der Waals surface area contributed by atoms with Gasteiger partial charge in [-0.25, -0.2) is 9.07 Å². The van der Waals surface area contributed by atoms with E-state index in [0.717, 1.165) is 22.7 Å². The molecule has 1 aromatic heterocycles. The summed E-state index contributed by atoms with van der Waals surface area (Å²) < 4.78 is 19.5. The minimum atomic E-state index is -0.501. The van der Waals surface area contributed by atoms with Crippen LogP contribution in [0.15, 0.2) is 54.3 Å². The number of hydrogen-bond acceptors (Lipinski definition) is 9. The van der Waals surface area contributed by atoms with E-state index in [9.17, 15) is 4.39 Å². The molecule has 10 nitrogen and oxygen atoms in total. The molecule has 0 bridgehead atoms. The summed E-state index contributed by atoms with van der Waals surface area (Å²) in [5.41, 5.74) is 16.3. The average molecular weight is 516 g/mol. The Kier molecular flexibility index (Phi) is 9.39. The molecule has 0 aliphatic carbocycles. The quantitative estimate of drug-likeness (QED) is 0.339. The summed E-state index contributed by atoms with van der Waals surface area (Å²) in [7, 11) is 0. The predicted molar refractivity (Wildman–Crippen MR) is 143 cm³/mol. The van der Waals surface area contributed by atoms with Gasteiger partial charge in [0.15, 0.2) is 0 Å². The third-order valence-electron chi connectivity index (χ3n) is 5.40.